The van der Waals surface area contributed by atoms with Gasteiger partial charge in [0, 0.05) is 23.1 Å². The van der Waals surface area contributed by atoms with Gasteiger partial charge in [-0.3, -0.25) is 9.48 Å². The van der Waals surface area contributed by atoms with Gasteiger partial charge in [0.15, 0.2) is 5.03 Å². The van der Waals surface area contributed by atoms with Gasteiger partial charge < -0.3 is 0 Å². The quantitative estimate of drug-likeness (QED) is 0.708. The number of rotatable bonds is 3. The molecule has 3 heterocycles. The number of sulfonamides is 1. The van der Waals surface area contributed by atoms with Crippen molar-refractivity contribution in [1.29, 1.82) is 0 Å². The molecule has 0 spiro atoms. The van der Waals surface area contributed by atoms with E-state index in [1.165, 1.54) is 23.6 Å². The standard InChI is InChI=1S/C13H11BrN4O3S2/c1-7-9-5-10(22-13(9)18(2)16-7)12(19)17-23(20,21)11-4-3-8(14)6-15-11/h3-6H,1-2H3,(H,17,19). The number of fused-ring (bicyclic) bond motifs is 1. The van der Waals surface area contributed by atoms with Gasteiger partial charge in [-0.15, -0.1) is 11.3 Å². The van der Waals surface area contributed by atoms with Gasteiger partial charge >= 0.3 is 0 Å². The Labute approximate surface area is 144 Å². The number of pyridine rings is 1. The van der Waals surface area contributed by atoms with Crippen LogP contribution in [0, 0.1) is 6.92 Å². The van der Waals surface area contributed by atoms with Gasteiger partial charge in [0.1, 0.15) is 4.83 Å². The Morgan fingerprint density at radius 1 is 1.39 bits per heavy atom. The van der Waals surface area contributed by atoms with E-state index < -0.39 is 15.9 Å². The Bertz CT molecular complexity index is 971. The molecule has 3 rings (SSSR count). The SMILES string of the molecule is Cc1nn(C)c2sc(C(=O)NS(=O)(=O)c3ccc(Br)cn3)cc12. The van der Waals surface area contributed by atoms with E-state index in [2.05, 4.69) is 26.0 Å². The van der Waals surface area contributed by atoms with E-state index in [4.69, 9.17) is 0 Å². The molecule has 0 saturated heterocycles. The molecule has 0 radical (unpaired) electrons. The number of hydrogen-bond donors (Lipinski definition) is 1. The van der Waals surface area contributed by atoms with Gasteiger partial charge in [0.05, 0.1) is 10.6 Å². The summed E-state index contributed by atoms with van der Waals surface area (Å²) in [5.41, 5.74) is 0.787. The molecule has 0 fully saturated rings. The van der Waals surface area contributed by atoms with Crippen molar-refractivity contribution in [2.75, 3.05) is 0 Å². The smallest absolute Gasteiger partial charge is 0.267 e. The second kappa shape index (κ2) is 5.69. The molecule has 1 N–H and O–H groups in total. The minimum atomic E-state index is -4.01. The van der Waals surface area contributed by atoms with E-state index in [-0.39, 0.29) is 5.03 Å². The summed E-state index contributed by atoms with van der Waals surface area (Å²) in [5, 5.41) is 4.86. The normalized spacial score (nSPS) is 11.8. The molecule has 3 aromatic rings. The van der Waals surface area contributed by atoms with E-state index in [9.17, 15) is 13.2 Å². The molecule has 0 unspecified atom stereocenters. The topological polar surface area (TPSA) is 94.0 Å². The lowest BCUT2D eigenvalue weighted by atomic mass is 10.3. The maximum absolute atomic E-state index is 12.2. The van der Waals surface area contributed by atoms with Crippen molar-refractivity contribution in [2.45, 2.75) is 11.9 Å². The fourth-order valence-corrected chi connectivity index (χ4v) is 4.28. The lowest BCUT2D eigenvalue weighted by Crippen LogP contribution is -2.30. The number of nitrogens with one attached hydrogen (secondary N) is 1. The van der Waals surface area contributed by atoms with Crippen LogP contribution < -0.4 is 4.72 Å². The van der Waals surface area contributed by atoms with Crippen LogP contribution in [0.5, 0.6) is 0 Å². The Kier molecular flexibility index (Phi) is 3.98. The monoisotopic (exact) mass is 414 g/mol. The van der Waals surface area contributed by atoms with E-state index in [0.717, 1.165) is 15.9 Å². The number of halogens is 1. The predicted molar refractivity (Wildman–Crippen MR) is 89.9 cm³/mol. The zero-order valence-electron chi connectivity index (χ0n) is 12.1. The van der Waals surface area contributed by atoms with Crippen LogP contribution in [-0.2, 0) is 17.1 Å². The highest BCUT2D eigenvalue weighted by molar-refractivity contribution is 9.10. The van der Waals surface area contributed by atoms with Gasteiger partial charge in [-0.2, -0.15) is 13.5 Å². The molecular weight excluding hydrogens is 404 g/mol. The highest BCUT2D eigenvalue weighted by Gasteiger charge is 2.22. The molecule has 0 bridgehead atoms. The lowest BCUT2D eigenvalue weighted by molar-refractivity contribution is 0.0985. The first-order valence-corrected chi connectivity index (χ1v) is 9.49. The Morgan fingerprint density at radius 2 is 2.13 bits per heavy atom. The Morgan fingerprint density at radius 3 is 2.74 bits per heavy atom. The minimum absolute atomic E-state index is 0.215. The van der Waals surface area contributed by atoms with E-state index >= 15 is 0 Å². The first-order valence-electron chi connectivity index (χ1n) is 6.40. The van der Waals surface area contributed by atoms with Crippen molar-refractivity contribution in [3.05, 3.63) is 39.4 Å². The van der Waals surface area contributed by atoms with E-state index in [0.29, 0.717) is 9.35 Å². The third-order valence-electron chi connectivity index (χ3n) is 3.12. The van der Waals surface area contributed by atoms with Crippen molar-refractivity contribution in [1.82, 2.24) is 19.5 Å². The van der Waals surface area contributed by atoms with Gasteiger partial charge in [0.25, 0.3) is 15.9 Å². The molecule has 10 heteroatoms. The van der Waals surface area contributed by atoms with Crippen LogP contribution in [0.25, 0.3) is 10.2 Å². The summed E-state index contributed by atoms with van der Waals surface area (Å²) in [5.74, 6) is -0.685. The van der Waals surface area contributed by atoms with Crippen LogP contribution in [0.1, 0.15) is 15.4 Å². The Balaban J connectivity index is 1.90. The number of amides is 1. The summed E-state index contributed by atoms with van der Waals surface area (Å²) >= 11 is 4.36. The first-order chi connectivity index (χ1) is 10.8. The van der Waals surface area contributed by atoms with E-state index in [1.54, 1.807) is 23.9 Å². The fraction of sp³-hybridized carbons (Fsp3) is 0.154. The number of carbonyl (C=O) groups excluding carboxylic acids is 1. The third kappa shape index (κ3) is 3.01. The number of nitrogens with zero attached hydrogens (tertiary/aromatic N) is 3. The molecule has 0 aliphatic rings. The molecule has 0 atom stereocenters. The van der Waals surface area contributed by atoms with Gasteiger partial charge in [0.2, 0.25) is 0 Å². The summed E-state index contributed by atoms with van der Waals surface area (Å²) in [7, 11) is -2.24. The van der Waals surface area contributed by atoms with Crippen LogP contribution in [0.4, 0.5) is 0 Å². The van der Waals surface area contributed by atoms with Crippen molar-refractivity contribution in [3.8, 4) is 0 Å². The van der Waals surface area contributed by atoms with Crippen LogP contribution in [0.2, 0.25) is 0 Å². The Hall–Kier alpha value is -1.78. The fourth-order valence-electron chi connectivity index (χ4n) is 2.06. The second-order valence-electron chi connectivity index (χ2n) is 4.79. The first kappa shape index (κ1) is 16.1. The summed E-state index contributed by atoms with van der Waals surface area (Å²) in [4.78, 5) is 17.2. The van der Waals surface area contributed by atoms with Crippen molar-refractivity contribution in [2.24, 2.45) is 7.05 Å². The third-order valence-corrected chi connectivity index (χ3v) is 6.04. The second-order valence-corrected chi connectivity index (χ2v) is 8.36. The zero-order valence-corrected chi connectivity index (χ0v) is 15.3. The summed E-state index contributed by atoms with van der Waals surface area (Å²) in [6.07, 6.45) is 1.35. The summed E-state index contributed by atoms with van der Waals surface area (Å²) < 4.78 is 28.7. The number of carbonyl (C=O) groups is 1. The van der Waals surface area contributed by atoms with Gasteiger partial charge in [-0.1, -0.05) is 0 Å². The summed E-state index contributed by atoms with van der Waals surface area (Å²) in [6.45, 7) is 1.83. The molecule has 0 aromatic carbocycles. The average molecular weight is 415 g/mol. The van der Waals surface area contributed by atoms with Crippen molar-refractivity contribution in [3.63, 3.8) is 0 Å². The molecule has 0 saturated carbocycles. The van der Waals surface area contributed by atoms with E-state index in [1.807, 2.05) is 11.6 Å². The number of aryl methyl sites for hydroxylation is 2. The maximum atomic E-state index is 12.2. The zero-order chi connectivity index (χ0) is 16.8. The highest BCUT2D eigenvalue weighted by atomic mass is 79.9. The van der Waals surface area contributed by atoms with Crippen LogP contribution in [-0.4, -0.2) is 29.1 Å². The van der Waals surface area contributed by atoms with Gasteiger partial charge in [-0.05, 0) is 41.1 Å². The minimum Gasteiger partial charge on any atom is -0.267 e. The number of hydrogen-bond acceptors (Lipinski definition) is 6. The molecule has 23 heavy (non-hydrogen) atoms. The average Bonchev–Trinajstić information content (AvgIpc) is 3.01. The van der Waals surface area contributed by atoms with Crippen molar-refractivity contribution >= 4 is 53.4 Å². The molecule has 3 aromatic heterocycles. The molecule has 0 aliphatic heterocycles. The lowest BCUT2D eigenvalue weighted by Gasteiger charge is -2.04. The highest BCUT2D eigenvalue weighted by Crippen LogP contribution is 2.27. The molecule has 1 amide bonds. The molecular formula is C13H11BrN4O3S2. The molecule has 7 nitrogen and oxygen atoms in total. The summed E-state index contributed by atoms with van der Waals surface area (Å²) in [6, 6.07) is 4.50. The number of thiophene rings is 1. The van der Waals surface area contributed by atoms with Crippen LogP contribution >= 0.6 is 27.3 Å². The predicted octanol–water partition coefficient (Wildman–Crippen LogP) is 2.22. The number of aromatic nitrogens is 3. The maximum Gasteiger partial charge on any atom is 0.281 e. The molecule has 0 aliphatic carbocycles. The van der Waals surface area contributed by atoms with Crippen LogP contribution in [0.3, 0.4) is 0 Å². The molecule has 120 valence electrons. The van der Waals surface area contributed by atoms with Gasteiger partial charge in [-0.25, -0.2) is 9.71 Å². The van der Waals surface area contributed by atoms with Crippen molar-refractivity contribution < 1.29 is 13.2 Å². The van der Waals surface area contributed by atoms with Crippen LogP contribution in [0.15, 0.2) is 33.9 Å². The largest absolute Gasteiger partial charge is 0.281 e.